The van der Waals surface area contributed by atoms with Crippen molar-refractivity contribution in [3.63, 3.8) is 0 Å². The number of amides is 1. The number of aromatic nitrogens is 2. The van der Waals surface area contributed by atoms with Gasteiger partial charge in [0.2, 0.25) is 15.0 Å². The fraction of sp³-hybridized carbons (Fsp3) is 0.630. The molecule has 1 N–H and O–H groups in total. The molecule has 2 aliphatic heterocycles. The van der Waals surface area contributed by atoms with Gasteiger partial charge in [0.15, 0.2) is 0 Å². The summed E-state index contributed by atoms with van der Waals surface area (Å²) in [5.74, 6) is -1.23. The lowest BCUT2D eigenvalue weighted by molar-refractivity contribution is -0.0631. The summed E-state index contributed by atoms with van der Waals surface area (Å²) < 4.78 is 68.0. The van der Waals surface area contributed by atoms with Crippen LogP contribution >= 0.6 is 0 Å². The zero-order valence-corrected chi connectivity index (χ0v) is 24.3. The lowest BCUT2D eigenvalue weighted by Gasteiger charge is -2.40. The number of fused-ring (bicyclic) bond motifs is 1. The molecule has 0 spiro atoms. The number of imidazole rings is 1. The lowest BCUT2D eigenvalue weighted by Crippen LogP contribution is -2.52. The van der Waals surface area contributed by atoms with Gasteiger partial charge in [-0.3, -0.25) is 4.90 Å². The van der Waals surface area contributed by atoms with E-state index in [0.717, 1.165) is 23.9 Å². The highest BCUT2D eigenvalue weighted by Gasteiger charge is 2.42. The number of hydrogen-bond donors (Lipinski definition) is 1. The largest absolute Gasteiger partial charge is 0.444 e. The van der Waals surface area contributed by atoms with Gasteiger partial charge < -0.3 is 19.4 Å². The molecule has 9 nitrogen and oxygen atoms in total. The van der Waals surface area contributed by atoms with Gasteiger partial charge >= 0.3 is 6.09 Å². The summed E-state index contributed by atoms with van der Waals surface area (Å²) in [6.07, 6.45) is -1.22. The van der Waals surface area contributed by atoms with Gasteiger partial charge in [0, 0.05) is 30.7 Å². The molecule has 3 heterocycles. The Bertz CT molecular complexity index is 1340. The number of ether oxygens (including phenoxy) is 2. The number of nitrogens with one attached hydrogen (secondary N) is 1. The minimum Gasteiger partial charge on any atom is -0.444 e. The van der Waals surface area contributed by atoms with Crippen molar-refractivity contribution in [1.82, 2.24) is 19.8 Å². The number of hydrogen-bond acceptors (Lipinski definition) is 7. The Balaban J connectivity index is 1.59. The summed E-state index contributed by atoms with van der Waals surface area (Å²) in [5, 5.41) is 2.30. The van der Waals surface area contributed by atoms with Crippen LogP contribution < -0.4 is 5.32 Å². The van der Waals surface area contributed by atoms with E-state index in [0.29, 0.717) is 25.2 Å². The molecule has 1 aromatic carbocycles. The van der Waals surface area contributed by atoms with Crippen LogP contribution in [0.25, 0.3) is 0 Å². The fourth-order valence-electron chi connectivity index (χ4n) is 5.13. The second-order valence-electron chi connectivity index (χ2n) is 11.8. The van der Waals surface area contributed by atoms with Gasteiger partial charge in [0.25, 0.3) is 0 Å². The molecule has 2 aromatic rings. The maximum atomic E-state index is 14.7. The van der Waals surface area contributed by atoms with Crippen LogP contribution in [0.1, 0.15) is 84.0 Å². The maximum absolute atomic E-state index is 14.7. The quantitative estimate of drug-likeness (QED) is 0.541. The third-order valence-corrected chi connectivity index (χ3v) is 9.04. The minimum atomic E-state index is -3.57. The number of carbonyl (C=O) groups is 1. The normalized spacial score (nSPS) is 22.4. The van der Waals surface area contributed by atoms with E-state index in [1.165, 1.54) is 0 Å². The molecule has 0 unspecified atom stereocenters. The molecule has 39 heavy (non-hydrogen) atoms. The van der Waals surface area contributed by atoms with Crippen LogP contribution in [-0.2, 0) is 32.4 Å². The zero-order chi connectivity index (χ0) is 28.9. The molecule has 0 bridgehead atoms. The van der Waals surface area contributed by atoms with Crippen molar-refractivity contribution >= 4 is 15.9 Å². The van der Waals surface area contributed by atoms with Crippen molar-refractivity contribution in [2.75, 3.05) is 6.61 Å². The summed E-state index contributed by atoms with van der Waals surface area (Å²) in [7, 11) is -3.57. The maximum Gasteiger partial charge on any atom is 0.407 e. The van der Waals surface area contributed by atoms with Crippen LogP contribution in [0.5, 0.6) is 0 Å². The van der Waals surface area contributed by atoms with E-state index < -0.39 is 50.6 Å². The van der Waals surface area contributed by atoms with Crippen LogP contribution in [0.2, 0.25) is 0 Å². The monoisotopic (exact) mass is 568 g/mol. The Morgan fingerprint density at radius 1 is 1.18 bits per heavy atom. The Morgan fingerprint density at radius 3 is 2.49 bits per heavy atom. The topological polar surface area (TPSA) is 103 Å². The van der Waals surface area contributed by atoms with Gasteiger partial charge in [-0.05, 0) is 73.1 Å². The second kappa shape index (κ2) is 10.8. The van der Waals surface area contributed by atoms with Crippen molar-refractivity contribution in [2.24, 2.45) is 0 Å². The number of rotatable bonds is 6. The molecular weight excluding hydrogens is 530 g/mol. The summed E-state index contributed by atoms with van der Waals surface area (Å²) in [6, 6.07) is 2.15. The number of carbonyl (C=O) groups excluding carboxylic acids is 1. The van der Waals surface area contributed by atoms with Crippen molar-refractivity contribution in [2.45, 2.75) is 108 Å². The fourth-order valence-corrected chi connectivity index (χ4v) is 6.38. The van der Waals surface area contributed by atoms with Crippen LogP contribution in [0.15, 0.2) is 23.4 Å². The van der Waals surface area contributed by atoms with Crippen molar-refractivity contribution < 1.29 is 31.5 Å². The van der Waals surface area contributed by atoms with E-state index in [1.807, 2.05) is 13.8 Å². The van der Waals surface area contributed by atoms with Gasteiger partial charge in [-0.15, -0.1) is 0 Å². The smallest absolute Gasteiger partial charge is 0.407 e. The number of nitrogens with zero attached hydrogens (tertiary/aromatic N) is 3. The van der Waals surface area contributed by atoms with Crippen LogP contribution in [0.3, 0.4) is 0 Å². The van der Waals surface area contributed by atoms with E-state index in [4.69, 9.17) is 9.47 Å². The highest BCUT2D eigenvalue weighted by Crippen LogP contribution is 2.37. The van der Waals surface area contributed by atoms with Gasteiger partial charge in [-0.25, -0.2) is 27.0 Å². The predicted octanol–water partition coefficient (Wildman–Crippen LogP) is 4.66. The highest BCUT2D eigenvalue weighted by molar-refractivity contribution is 7.91. The van der Waals surface area contributed by atoms with E-state index in [-0.39, 0.29) is 29.4 Å². The number of sulfone groups is 1. The van der Waals surface area contributed by atoms with E-state index in [2.05, 4.69) is 15.2 Å². The number of alkyl carbamates (subject to hydrolysis) is 1. The van der Waals surface area contributed by atoms with Gasteiger partial charge in [0.1, 0.15) is 23.3 Å². The summed E-state index contributed by atoms with van der Waals surface area (Å²) in [6.45, 7) is 13.4. The zero-order valence-electron chi connectivity index (χ0n) is 23.5. The van der Waals surface area contributed by atoms with Crippen molar-refractivity contribution in [3.05, 3.63) is 46.8 Å². The predicted molar refractivity (Wildman–Crippen MR) is 141 cm³/mol. The molecule has 1 fully saturated rings. The van der Waals surface area contributed by atoms with E-state index in [9.17, 15) is 22.0 Å². The molecule has 0 radical (unpaired) electrons. The third-order valence-electron chi connectivity index (χ3n) is 7.00. The minimum absolute atomic E-state index is 0.0238. The van der Waals surface area contributed by atoms with Gasteiger partial charge in [0.05, 0.1) is 29.3 Å². The summed E-state index contributed by atoms with van der Waals surface area (Å²) in [5.41, 5.74) is 0.803. The molecule has 1 amide bonds. The van der Waals surface area contributed by atoms with Gasteiger partial charge in [-0.1, -0.05) is 0 Å². The van der Waals surface area contributed by atoms with Gasteiger partial charge in [-0.2, -0.15) is 0 Å². The van der Waals surface area contributed by atoms with Crippen LogP contribution in [0, 0.1) is 11.6 Å². The number of benzene rings is 1. The average molecular weight is 569 g/mol. The van der Waals surface area contributed by atoms with Crippen LogP contribution in [-0.4, -0.2) is 58.5 Å². The summed E-state index contributed by atoms with van der Waals surface area (Å²) >= 11 is 0. The molecule has 216 valence electrons. The summed E-state index contributed by atoms with van der Waals surface area (Å²) in [4.78, 5) is 19.4. The molecule has 0 aliphatic carbocycles. The molecule has 2 aliphatic rings. The molecule has 12 heteroatoms. The Hall–Kier alpha value is -2.57. The first-order valence-electron chi connectivity index (χ1n) is 13.2. The highest BCUT2D eigenvalue weighted by atomic mass is 32.2. The molecule has 1 aromatic heterocycles. The van der Waals surface area contributed by atoms with E-state index >= 15 is 0 Å². The SMILES string of the molecule is CC(C)n1c(S(=O)(=O)C(C)C)nc2c1CN([C@H]1CO[C@H](c3cc(F)ccc3F)[C@@H](NC(=O)OC(C)(C)C)C1)C2. The first kappa shape index (κ1) is 29.4. The molecular formula is C27H38F2N4O5S. The first-order chi connectivity index (χ1) is 18.1. The Kier molecular flexibility index (Phi) is 8.13. The Labute approximate surface area is 228 Å². The first-order valence-corrected chi connectivity index (χ1v) is 14.8. The van der Waals surface area contributed by atoms with Crippen molar-refractivity contribution in [1.29, 1.82) is 0 Å². The molecule has 3 atom stereocenters. The number of halogens is 2. The second-order valence-corrected chi connectivity index (χ2v) is 14.2. The Morgan fingerprint density at radius 2 is 1.87 bits per heavy atom. The molecule has 4 rings (SSSR count). The van der Waals surface area contributed by atoms with Crippen LogP contribution in [0.4, 0.5) is 13.6 Å². The van der Waals surface area contributed by atoms with E-state index in [1.54, 1.807) is 39.2 Å². The van der Waals surface area contributed by atoms with Crippen molar-refractivity contribution in [3.8, 4) is 0 Å². The standard InChI is InChI=1S/C27H38F2N4O5S/c1-15(2)33-23-13-32(12-22(23)30-25(33)39(35,36)16(3)4)18-11-21(31-26(34)38-27(5,6)7)24(37-14-18)19-10-17(28)8-9-20(19)29/h8-10,15-16,18,21,24H,11-14H2,1-7H3,(H,31,34)/t18-,21+,24-/m1/s1. The lowest BCUT2D eigenvalue weighted by atomic mass is 9.92. The molecule has 1 saturated heterocycles. The molecule has 0 saturated carbocycles. The average Bonchev–Trinajstić information content (AvgIpc) is 3.38. The third kappa shape index (κ3) is 6.12.